The summed E-state index contributed by atoms with van der Waals surface area (Å²) in [5.74, 6) is 0.972. The Morgan fingerprint density at radius 1 is 1.25 bits per heavy atom. The minimum atomic E-state index is 0.345. The molecule has 0 radical (unpaired) electrons. The van der Waals surface area contributed by atoms with Crippen LogP contribution in [0.1, 0.15) is 30.0 Å². The molecule has 1 aliphatic rings. The molecule has 2 rings (SSSR count). The Hall–Kier alpha value is -1.64. The molecule has 1 aliphatic heterocycles. The lowest BCUT2D eigenvalue weighted by Crippen LogP contribution is -2.25. The molecular weight excluding hydrogens is 198 g/mol. The molecule has 1 aromatic carbocycles. The first-order valence-electron chi connectivity index (χ1n) is 5.56. The first-order valence-corrected chi connectivity index (χ1v) is 5.56. The first kappa shape index (κ1) is 10.9. The molecule has 0 aromatic heterocycles. The van der Waals surface area contributed by atoms with Crippen molar-refractivity contribution in [1.82, 2.24) is 0 Å². The fraction of sp³-hybridized carbons (Fsp3) is 0.385. The van der Waals surface area contributed by atoms with Crippen molar-refractivity contribution in [2.45, 2.75) is 27.2 Å². The molecule has 3 heteroatoms. The van der Waals surface area contributed by atoms with Gasteiger partial charge in [0.05, 0.1) is 5.71 Å². The van der Waals surface area contributed by atoms with Gasteiger partial charge in [-0.05, 0) is 25.0 Å². The fourth-order valence-corrected chi connectivity index (χ4v) is 2.02. The Morgan fingerprint density at radius 2 is 2.00 bits per heavy atom. The largest absolute Gasteiger partial charge is 0.386 e. The lowest BCUT2D eigenvalue weighted by atomic mass is 9.90. The topological polar surface area (TPSA) is 50.7 Å². The average molecular weight is 215 g/mol. The lowest BCUT2D eigenvalue weighted by Gasteiger charge is -2.19. The molecule has 0 fully saturated rings. The summed E-state index contributed by atoms with van der Waals surface area (Å²) in [6.45, 7) is 6.38. The van der Waals surface area contributed by atoms with Crippen molar-refractivity contribution in [2.75, 3.05) is 0 Å². The Bertz CT molecular complexity index is 472. The van der Waals surface area contributed by atoms with E-state index in [9.17, 15) is 0 Å². The Kier molecular flexibility index (Phi) is 2.77. The monoisotopic (exact) mass is 215 g/mol. The van der Waals surface area contributed by atoms with Gasteiger partial charge in [-0.15, -0.1) is 5.10 Å². The van der Waals surface area contributed by atoms with Crippen molar-refractivity contribution in [3.63, 3.8) is 0 Å². The maximum atomic E-state index is 5.68. The second-order valence-corrected chi connectivity index (χ2v) is 4.43. The second kappa shape index (κ2) is 4.08. The van der Waals surface area contributed by atoms with Gasteiger partial charge in [-0.1, -0.05) is 25.1 Å². The van der Waals surface area contributed by atoms with E-state index in [2.05, 4.69) is 49.2 Å². The summed E-state index contributed by atoms with van der Waals surface area (Å²) in [6.07, 6.45) is 0.798. The first-order chi connectivity index (χ1) is 7.59. The zero-order chi connectivity index (χ0) is 11.7. The van der Waals surface area contributed by atoms with Crippen LogP contribution in [0.15, 0.2) is 28.4 Å². The zero-order valence-electron chi connectivity index (χ0n) is 9.99. The SMILES string of the molecule is Cc1cccc(C2=NN=C(N)CC2C)c1C. The zero-order valence-corrected chi connectivity index (χ0v) is 9.99. The highest BCUT2D eigenvalue weighted by Crippen LogP contribution is 2.21. The second-order valence-electron chi connectivity index (χ2n) is 4.43. The number of amidine groups is 1. The van der Waals surface area contributed by atoms with Crippen LogP contribution in [-0.4, -0.2) is 11.5 Å². The summed E-state index contributed by atoms with van der Waals surface area (Å²) in [5, 5.41) is 8.23. The van der Waals surface area contributed by atoms with Crippen LogP contribution < -0.4 is 5.73 Å². The number of hydrogen-bond donors (Lipinski definition) is 1. The molecule has 1 unspecified atom stereocenters. The van der Waals surface area contributed by atoms with Crippen LogP contribution in [0.25, 0.3) is 0 Å². The number of hydrogen-bond acceptors (Lipinski definition) is 3. The number of benzene rings is 1. The molecule has 0 spiro atoms. The van der Waals surface area contributed by atoms with E-state index >= 15 is 0 Å². The highest BCUT2D eigenvalue weighted by Gasteiger charge is 2.20. The van der Waals surface area contributed by atoms with E-state index in [1.165, 1.54) is 16.7 Å². The van der Waals surface area contributed by atoms with Crippen LogP contribution in [0, 0.1) is 19.8 Å². The van der Waals surface area contributed by atoms with Gasteiger partial charge in [-0.2, -0.15) is 5.10 Å². The summed E-state index contributed by atoms with van der Waals surface area (Å²) >= 11 is 0. The van der Waals surface area contributed by atoms with Gasteiger partial charge >= 0.3 is 0 Å². The molecule has 3 nitrogen and oxygen atoms in total. The molecule has 0 bridgehead atoms. The average Bonchev–Trinajstić information content (AvgIpc) is 2.23. The van der Waals surface area contributed by atoms with Crippen molar-refractivity contribution in [3.05, 3.63) is 34.9 Å². The quantitative estimate of drug-likeness (QED) is 0.768. The van der Waals surface area contributed by atoms with Gasteiger partial charge in [0.2, 0.25) is 0 Å². The van der Waals surface area contributed by atoms with Crippen LogP contribution in [0.4, 0.5) is 0 Å². The predicted molar refractivity (Wildman–Crippen MR) is 67.9 cm³/mol. The van der Waals surface area contributed by atoms with Gasteiger partial charge in [-0.3, -0.25) is 0 Å². The van der Waals surface area contributed by atoms with Gasteiger partial charge in [0.25, 0.3) is 0 Å². The predicted octanol–water partition coefficient (Wildman–Crippen LogP) is 2.40. The van der Waals surface area contributed by atoms with E-state index < -0.39 is 0 Å². The highest BCUT2D eigenvalue weighted by molar-refractivity contribution is 6.06. The van der Waals surface area contributed by atoms with Gasteiger partial charge in [-0.25, -0.2) is 0 Å². The molecule has 84 valence electrons. The molecule has 16 heavy (non-hydrogen) atoms. The third-order valence-corrected chi connectivity index (χ3v) is 3.15. The van der Waals surface area contributed by atoms with Crippen molar-refractivity contribution in [2.24, 2.45) is 21.9 Å². The van der Waals surface area contributed by atoms with E-state index in [0.717, 1.165) is 12.1 Å². The van der Waals surface area contributed by atoms with E-state index in [1.54, 1.807) is 0 Å². The number of rotatable bonds is 1. The molecule has 1 aromatic rings. The molecule has 0 saturated carbocycles. The Morgan fingerprint density at radius 3 is 2.69 bits per heavy atom. The van der Waals surface area contributed by atoms with Crippen molar-refractivity contribution in [3.8, 4) is 0 Å². The summed E-state index contributed by atoms with van der Waals surface area (Å²) < 4.78 is 0. The van der Waals surface area contributed by atoms with Gasteiger partial charge in [0, 0.05) is 17.9 Å². The maximum absolute atomic E-state index is 5.68. The van der Waals surface area contributed by atoms with E-state index in [4.69, 9.17) is 5.73 Å². The van der Waals surface area contributed by atoms with Crippen LogP contribution in [-0.2, 0) is 0 Å². The molecule has 0 aliphatic carbocycles. The van der Waals surface area contributed by atoms with Crippen LogP contribution in [0.3, 0.4) is 0 Å². The van der Waals surface area contributed by atoms with Gasteiger partial charge in [0.1, 0.15) is 5.84 Å². The summed E-state index contributed by atoms with van der Waals surface area (Å²) in [6, 6.07) is 6.29. The molecule has 1 atom stereocenters. The normalized spacial score (nSPS) is 20.3. The summed E-state index contributed by atoms with van der Waals surface area (Å²) in [7, 11) is 0. The molecule has 0 amide bonds. The third-order valence-electron chi connectivity index (χ3n) is 3.15. The van der Waals surface area contributed by atoms with Crippen molar-refractivity contribution in [1.29, 1.82) is 0 Å². The third kappa shape index (κ3) is 1.85. The minimum absolute atomic E-state index is 0.345. The Labute approximate surface area is 96.1 Å². The van der Waals surface area contributed by atoms with E-state index in [-0.39, 0.29) is 0 Å². The van der Waals surface area contributed by atoms with E-state index in [0.29, 0.717) is 11.8 Å². The van der Waals surface area contributed by atoms with Crippen LogP contribution in [0.5, 0.6) is 0 Å². The van der Waals surface area contributed by atoms with Crippen molar-refractivity contribution >= 4 is 11.5 Å². The highest BCUT2D eigenvalue weighted by atomic mass is 15.2. The maximum Gasteiger partial charge on any atom is 0.123 e. The van der Waals surface area contributed by atoms with E-state index in [1.807, 2.05) is 0 Å². The standard InChI is InChI=1S/C13H17N3/c1-8-5-4-6-11(10(8)3)13-9(2)7-12(14)15-16-13/h4-6,9H,7H2,1-3H3,(H2,14,15). The van der Waals surface area contributed by atoms with Crippen LogP contribution >= 0.6 is 0 Å². The minimum Gasteiger partial charge on any atom is -0.386 e. The Balaban J connectivity index is 2.49. The number of nitrogens with zero attached hydrogens (tertiary/aromatic N) is 2. The molecular formula is C13H17N3. The van der Waals surface area contributed by atoms with Gasteiger partial charge < -0.3 is 5.73 Å². The van der Waals surface area contributed by atoms with Crippen LogP contribution in [0.2, 0.25) is 0 Å². The lowest BCUT2D eigenvalue weighted by molar-refractivity contribution is 0.782. The number of aryl methyl sites for hydroxylation is 1. The molecule has 2 N–H and O–H groups in total. The van der Waals surface area contributed by atoms with Gasteiger partial charge in [0.15, 0.2) is 0 Å². The summed E-state index contributed by atoms with van der Waals surface area (Å²) in [4.78, 5) is 0. The fourth-order valence-electron chi connectivity index (χ4n) is 2.02. The smallest absolute Gasteiger partial charge is 0.123 e. The molecule has 0 saturated heterocycles. The number of nitrogens with two attached hydrogens (primary N) is 1. The summed E-state index contributed by atoms with van der Waals surface area (Å²) in [5.41, 5.74) is 10.5. The molecule has 1 heterocycles. The van der Waals surface area contributed by atoms with Crippen molar-refractivity contribution < 1.29 is 0 Å².